The Morgan fingerprint density at radius 1 is 1.43 bits per heavy atom. The summed E-state index contributed by atoms with van der Waals surface area (Å²) in [4.78, 5) is 33.5. The fourth-order valence-electron chi connectivity index (χ4n) is 1.45. The quantitative estimate of drug-likeness (QED) is 0.507. The molecule has 0 aliphatic carbocycles. The number of non-ortho nitro benzene ring substituents is 1. The number of halogens is 2. The van der Waals surface area contributed by atoms with Crippen molar-refractivity contribution in [1.82, 2.24) is 5.32 Å². The molecule has 0 spiro atoms. The van der Waals surface area contributed by atoms with E-state index < -0.39 is 22.8 Å². The number of rotatable bonds is 5. The Labute approximate surface area is 130 Å². The van der Waals surface area contributed by atoms with Gasteiger partial charge in [0, 0.05) is 12.1 Å². The number of hydrogen-bond acceptors (Lipinski definition) is 5. The van der Waals surface area contributed by atoms with Crippen molar-refractivity contribution in [2.24, 2.45) is 0 Å². The van der Waals surface area contributed by atoms with Gasteiger partial charge in [0.1, 0.15) is 6.04 Å². The molecule has 114 valence electrons. The molecule has 1 aromatic carbocycles. The van der Waals surface area contributed by atoms with Crippen molar-refractivity contribution in [2.75, 3.05) is 6.61 Å². The van der Waals surface area contributed by atoms with Crippen molar-refractivity contribution in [1.29, 1.82) is 0 Å². The second-order valence-electron chi connectivity index (χ2n) is 3.99. The molecule has 1 N–H and O–H groups in total. The van der Waals surface area contributed by atoms with Crippen molar-refractivity contribution in [3.63, 3.8) is 0 Å². The van der Waals surface area contributed by atoms with Crippen LogP contribution in [0.3, 0.4) is 0 Å². The van der Waals surface area contributed by atoms with Gasteiger partial charge < -0.3 is 10.1 Å². The molecule has 7 nitrogen and oxygen atoms in total. The van der Waals surface area contributed by atoms with Crippen LogP contribution < -0.4 is 5.32 Å². The van der Waals surface area contributed by atoms with E-state index in [1.807, 2.05) is 0 Å². The van der Waals surface area contributed by atoms with Gasteiger partial charge in [-0.1, -0.05) is 23.2 Å². The molecule has 0 saturated heterocycles. The Kier molecular flexibility index (Phi) is 5.92. The van der Waals surface area contributed by atoms with Crippen molar-refractivity contribution in [3.8, 4) is 0 Å². The van der Waals surface area contributed by atoms with Crippen molar-refractivity contribution in [3.05, 3.63) is 37.9 Å². The van der Waals surface area contributed by atoms with Crippen LogP contribution in [0.15, 0.2) is 12.1 Å². The molecule has 9 heteroatoms. The molecule has 1 amide bonds. The molecular weight excluding hydrogens is 323 g/mol. The number of amides is 1. The van der Waals surface area contributed by atoms with E-state index in [-0.39, 0.29) is 27.9 Å². The predicted molar refractivity (Wildman–Crippen MR) is 76.7 cm³/mol. The third-order valence-electron chi connectivity index (χ3n) is 2.46. The maximum atomic E-state index is 12.0. The van der Waals surface area contributed by atoms with E-state index in [2.05, 4.69) is 5.32 Å². The summed E-state index contributed by atoms with van der Waals surface area (Å²) in [5.74, 6) is -1.38. The highest BCUT2D eigenvalue weighted by atomic mass is 35.5. The number of carbonyl (C=O) groups excluding carboxylic acids is 2. The molecule has 0 radical (unpaired) electrons. The lowest BCUT2D eigenvalue weighted by atomic mass is 10.1. The zero-order valence-corrected chi connectivity index (χ0v) is 12.7. The molecule has 0 aromatic heterocycles. The first-order valence-electron chi connectivity index (χ1n) is 5.88. The number of ether oxygens (including phenoxy) is 1. The lowest BCUT2D eigenvalue weighted by Crippen LogP contribution is -2.39. The first kappa shape index (κ1) is 17.2. The van der Waals surface area contributed by atoms with Gasteiger partial charge in [0.15, 0.2) is 0 Å². The maximum absolute atomic E-state index is 12.0. The van der Waals surface area contributed by atoms with Crippen LogP contribution in [0.4, 0.5) is 5.69 Å². The summed E-state index contributed by atoms with van der Waals surface area (Å²) >= 11 is 11.6. The molecule has 0 aliphatic rings. The Bertz CT molecular complexity index is 591. The van der Waals surface area contributed by atoms with Gasteiger partial charge in [-0.2, -0.15) is 0 Å². The van der Waals surface area contributed by atoms with Crippen molar-refractivity contribution >= 4 is 40.8 Å². The number of nitro benzene ring substituents is 1. The van der Waals surface area contributed by atoms with Crippen molar-refractivity contribution < 1.29 is 19.2 Å². The summed E-state index contributed by atoms with van der Waals surface area (Å²) in [5.41, 5.74) is -0.564. The van der Waals surface area contributed by atoms with E-state index in [1.165, 1.54) is 6.92 Å². The van der Waals surface area contributed by atoms with Gasteiger partial charge >= 0.3 is 5.97 Å². The lowest BCUT2D eigenvalue weighted by Gasteiger charge is -2.13. The summed E-state index contributed by atoms with van der Waals surface area (Å²) in [6, 6.07) is 1.10. The zero-order chi connectivity index (χ0) is 16.2. The molecule has 21 heavy (non-hydrogen) atoms. The maximum Gasteiger partial charge on any atom is 0.328 e. The van der Waals surface area contributed by atoms with Crippen LogP contribution in [-0.4, -0.2) is 29.4 Å². The SMILES string of the molecule is CCOC(=O)C(C)NC(=O)c1cc([N+](=O)[O-])cc(Cl)c1Cl. The van der Waals surface area contributed by atoms with Gasteiger partial charge in [-0.15, -0.1) is 0 Å². The summed E-state index contributed by atoms with van der Waals surface area (Å²) in [6.45, 7) is 3.22. The first-order valence-corrected chi connectivity index (χ1v) is 6.64. The topological polar surface area (TPSA) is 98.5 Å². The largest absolute Gasteiger partial charge is 0.464 e. The molecule has 1 unspecified atom stereocenters. The second kappa shape index (κ2) is 7.24. The molecule has 1 atom stereocenters. The van der Waals surface area contributed by atoms with Crippen molar-refractivity contribution in [2.45, 2.75) is 19.9 Å². The third-order valence-corrected chi connectivity index (χ3v) is 3.26. The van der Waals surface area contributed by atoms with Crippen LogP contribution in [0, 0.1) is 10.1 Å². The minimum absolute atomic E-state index is 0.125. The first-order chi connectivity index (χ1) is 9.77. The number of carbonyl (C=O) groups is 2. The Balaban J connectivity index is 3.02. The standard InChI is InChI=1S/C12H12Cl2N2O5/c1-3-21-12(18)6(2)15-11(17)8-4-7(16(19)20)5-9(13)10(8)14/h4-6H,3H2,1-2H3,(H,15,17). The molecule has 1 aromatic rings. The Morgan fingerprint density at radius 2 is 2.05 bits per heavy atom. The normalized spacial score (nSPS) is 11.6. The molecule has 0 fully saturated rings. The highest BCUT2D eigenvalue weighted by molar-refractivity contribution is 6.44. The summed E-state index contributed by atoms with van der Waals surface area (Å²) in [6.07, 6.45) is 0. The number of hydrogen-bond donors (Lipinski definition) is 1. The molecule has 0 bridgehead atoms. The average Bonchev–Trinajstić information content (AvgIpc) is 2.41. The second-order valence-corrected chi connectivity index (χ2v) is 4.78. The molecular formula is C12H12Cl2N2O5. The fraction of sp³-hybridized carbons (Fsp3) is 0.333. The molecule has 0 saturated carbocycles. The third kappa shape index (κ3) is 4.30. The van der Waals surface area contributed by atoms with Gasteiger partial charge in [0.25, 0.3) is 11.6 Å². The minimum Gasteiger partial charge on any atom is -0.464 e. The average molecular weight is 335 g/mol. The monoisotopic (exact) mass is 334 g/mol. The highest BCUT2D eigenvalue weighted by Crippen LogP contribution is 2.30. The molecule has 0 aliphatic heterocycles. The summed E-state index contributed by atoms with van der Waals surface area (Å²) < 4.78 is 4.74. The van der Waals surface area contributed by atoms with E-state index in [1.54, 1.807) is 6.92 Å². The highest BCUT2D eigenvalue weighted by Gasteiger charge is 2.23. The number of nitro groups is 1. The summed E-state index contributed by atoms with van der Waals surface area (Å²) in [5, 5.41) is 12.8. The number of benzene rings is 1. The summed E-state index contributed by atoms with van der Waals surface area (Å²) in [7, 11) is 0. The van der Waals surface area contributed by atoms with Gasteiger partial charge in [0.2, 0.25) is 0 Å². The molecule has 1 rings (SSSR count). The van der Waals surface area contributed by atoms with Gasteiger partial charge in [-0.25, -0.2) is 4.79 Å². The Morgan fingerprint density at radius 3 is 2.57 bits per heavy atom. The van der Waals surface area contributed by atoms with E-state index in [9.17, 15) is 19.7 Å². The number of nitrogens with one attached hydrogen (secondary N) is 1. The van der Waals surface area contributed by atoms with Crippen LogP contribution in [0.1, 0.15) is 24.2 Å². The number of nitrogens with zero attached hydrogens (tertiary/aromatic N) is 1. The van der Waals surface area contributed by atoms with E-state index in [0.717, 1.165) is 12.1 Å². The number of esters is 1. The Hall–Kier alpha value is -1.86. The van der Waals surface area contributed by atoms with Crippen LogP contribution in [0.5, 0.6) is 0 Å². The van der Waals surface area contributed by atoms with Gasteiger partial charge in [-0.05, 0) is 13.8 Å². The zero-order valence-electron chi connectivity index (χ0n) is 11.2. The van der Waals surface area contributed by atoms with Crippen LogP contribution in [0.2, 0.25) is 10.0 Å². The fourth-order valence-corrected chi connectivity index (χ4v) is 1.85. The lowest BCUT2D eigenvalue weighted by molar-refractivity contribution is -0.384. The van der Waals surface area contributed by atoms with Crippen LogP contribution in [-0.2, 0) is 9.53 Å². The van der Waals surface area contributed by atoms with E-state index >= 15 is 0 Å². The van der Waals surface area contributed by atoms with Crippen LogP contribution in [0.25, 0.3) is 0 Å². The van der Waals surface area contributed by atoms with Gasteiger partial charge in [0.05, 0.1) is 27.1 Å². The van der Waals surface area contributed by atoms with E-state index in [0.29, 0.717) is 0 Å². The molecule has 0 heterocycles. The minimum atomic E-state index is -0.924. The van der Waals surface area contributed by atoms with Gasteiger partial charge in [-0.3, -0.25) is 14.9 Å². The predicted octanol–water partition coefficient (Wildman–Crippen LogP) is 2.58. The van der Waals surface area contributed by atoms with Crippen LogP contribution >= 0.6 is 23.2 Å². The van der Waals surface area contributed by atoms with E-state index in [4.69, 9.17) is 27.9 Å². The smallest absolute Gasteiger partial charge is 0.328 e.